The predicted octanol–water partition coefficient (Wildman–Crippen LogP) is 2.25. The Morgan fingerprint density at radius 3 is 2.67 bits per heavy atom. The minimum Gasteiger partial charge on any atom is -0.381 e. The van der Waals surface area contributed by atoms with Crippen LogP contribution < -0.4 is 10.6 Å². The van der Waals surface area contributed by atoms with Crippen LogP contribution in [0.1, 0.15) is 35.7 Å². The van der Waals surface area contributed by atoms with Gasteiger partial charge in [0.25, 0.3) is 5.91 Å². The fourth-order valence-corrected chi connectivity index (χ4v) is 3.56. The first-order chi connectivity index (χ1) is 10.2. The van der Waals surface area contributed by atoms with E-state index < -0.39 is 0 Å². The number of aryl methyl sites for hydroxylation is 1. The van der Waals surface area contributed by atoms with Gasteiger partial charge in [-0.25, -0.2) is 0 Å². The molecule has 3 aliphatic heterocycles. The molecule has 4 heteroatoms. The molecule has 3 fully saturated rings. The van der Waals surface area contributed by atoms with Crippen LogP contribution in [0.4, 0.5) is 5.69 Å². The van der Waals surface area contributed by atoms with Crippen molar-refractivity contribution in [3.8, 4) is 0 Å². The molecule has 0 radical (unpaired) electrons. The predicted molar refractivity (Wildman–Crippen MR) is 85.8 cm³/mol. The van der Waals surface area contributed by atoms with Gasteiger partial charge in [-0.3, -0.25) is 4.79 Å². The second kappa shape index (κ2) is 6.06. The molecule has 2 bridgehead atoms. The van der Waals surface area contributed by atoms with Crippen molar-refractivity contribution in [3.63, 3.8) is 0 Å². The fraction of sp³-hybridized carbons (Fsp3) is 0.588. The van der Waals surface area contributed by atoms with Crippen LogP contribution in [0.15, 0.2) is 18.2 Å². The molecule has 1 amide bonds. The van der Waals surface area contributed by atoms with Crippen LogP contribution in [0.25, 0.3) is 0 Å². The third-order valence-electron chi connectivity index (χ3n) is 4.82. The van der Waals surface area contributed by atoms with Gasteiger partial charge < -0.3 is 15.5 Å². The molecule has 3 heterocycles. The number of fused-ring (bicyclic) bond motifs is 3. The summed E-state index contributed by atoms with van der Waals surface area (Å²) in [6, 6.07) is 6.51. The van der Waals surface area contributed by atoms with Gasteiger partial charge in [-0.15, -0.1) is 0 Å². The summed E-state index contributed by atoms with van der Waals surface area (Å²) in [4.78, 5) is 14.4. The van der Waals surface area contributed by atoms with Gasteiger partial charge in [-0.2, -0.15) is 0 Å². The number of carbonyl (C=O) groups excluding carboxylic acids is 1. The minimum atomic E-state index is 0.00924. The quantitative estimate of drug-likeness (QED) is 0.893. The van der Waals surface area contributed by atoms with E-state index >= 15 is 0 Å². The average molecular weight is 287 g/mol. The van der Waals surface area contributed by atoms with E-state index in [1.165, 1.54) is 31.6 Å². The summed E-state index contributed by atoms with van der Waals surface area (Å²) in [5.74, 6) is 0.812. The summed E-state index contributed by atoms with van der Waals surface area (Å²) in [5.41, 5.74) is 3.06. The van der Waals surface area contributed by atoms with Gasteiger partial charge in [0, 0.05) is 30.4 Å². The third-order valence-corrected chi connectivity index (χ3v) is 4.82. The number of hydrogen-bond donors (Lipinski definition) is 2. The van der Waals surface area contributed by atoms with E-state index in [0.29, 0.717) is 12.6 Å². The number of hydrogen-bond acceptors (Lipinski definition) is 3. The van der Waals surface area contributed by atoms with Gasteiger partial charge in [-0.05, 0) is 69.5 Å². The molecule has 0 aliphatic carbocycles. The first kappa shape index (κ1) is 14.4. The molecule has 21 heavy (non-hydrogen) atoms. The van der Waals surface area contributed by atoms with Gasteiger partial charge >= 0.3 is 0 Å². The van der Waals surface area contributed by atoms with E-state index in [9.17, 15) is 4.79 Å². The van der Waals surface area contributed by atoms with Crippen LogP contribution in [-0.4, -0.2) is 43.0 Å². The Hall–Kier alpha value is -1.55. The summed E-state index contributed by atoms with van der Waals surface area (Å²) in [6.07, 6.45) is 2.63. The molecule has 3 aliphatic rings. The van der Waals surface area contributed by atoms with Crippen molar-refractivity contribution in [3.05, 3.63) is 29.3 Å². The summed E-state index contributed by atoms with van der Waals surface area (Å²) >= 11 is 0. The Morgan fingerprint density at radius 2 is 2.10 bits per heavy atom. The van der Waals surface area contributed by atoms with E-state index in [2.05, 4.69) is 28.5 Å². The second-order valence-corrected chi connectivity index (χ2v) is 6.28. The van der Waals surface area contributed by atoms with Gasteiger partial charge in [0.05, 0.1) is 0 Å². The first-order valence-corrected chi connectivity index (χ1v) is 8.05. The van der Waals surface area contributed by atoms with E-state index in [1.54, 1.807) is 0 Å². The Balaban J connectivity index is 1.70. The number of carbonyl (C=O) groups is 1. The zero-order valence-corrected chi connectivity index (χ0v) is 13.0. The highest BCUT2D eigenvalue weighted by molar-refractivity contribution is 5.94. The van der Waals surface area contributed by atoms with Crippen LogP contribution in [0.2, 0.25) is 0 Å². The molecule has 3 saturated heterocycles. The molecule has 1 unspecified atom stereocenters. The van der Waals surface area contributed by atoms with Crippen molar-refractivity contribution >= 4 is 11.6 Å². The molecule has 114 valence electrons. The summed E-state index contributed by atoms with van der Waals surface area (Å²) < 4.78 is 0. The van der Waals surface area contributed by atoms with E-state index in [1.807, 2.05) is 19.1 Å². The number of nitrogens with one attached hydrogen (secondary N) is 2. The lowest BCUT2D eigenvalue weighted by Crippen LogP contribution is -2.53. The number of nitrogens with zero attached hydrogens (tertiary/aromatic N) is 1. The number of amides is 1. The molecule has 1 aromatic rings. The summed E-state index contributed by atoms with van der Waals surface area (Å²) in [7, 11) is 0. The monoisotopic (exact) mass is 287 g/mol. The molecule has 4 rings (SSSR count). The first-order valence-electron chi connectivity index (χ1n) is 8.05. The Kier molecular flexibility index (Phi) is 4.15. The average Bonchev–Trinajstić information content (AvgIpc) is 2.51. The Bertz CT molecular complexity index is 521. The number of rotatable bonds is 4. The van der Waals surface area contributed by atoms with Crippen LogP contribution in [0.3, 0.4) is 0 Å². The van der Waals surface area contributed by atoms with Crippen LogP contribution in [-0.2, 0) is 0 Å². The normalized spacial score (nSPS) is 27.4. The zero-order valence-electron chi connectivity index (χ0n) is 13.0. The van der Waals surface area contributed by atoms with Crippen molar-refractivity contribution in [2.45, 2.75) is 32.7 Å². The van der Waals surface area contributed by atoms with Crippen molar-refractivity contribution < 1.29 is 4.79 Å². The molecule has 4 nitrogen and oxygen atoms in total. The van der Waals surface area contributed by atoms with Crippen molar-refractivity contribution in [1.29, 1.82) is 0 Å². The van der Waals surface area contributed by atoms with Crippen molar-refractivity contribution in [2.24, 2.45) is 5.92 Å². The van der Waals surface area contributed by atoms with E-state index in [-0.39, 0.29) is 5.91 Å². The number of piperidine rings is 3. The lowest BCUT2D eigenvalue weighted by atomic mass is 9.84. The molecular formula is C17H25N3O. The highest BCUT2D eigenvalue weighted by Crippen LogP contribution is 2.30. The van der Waals surface area contributed by atoms with Crippen molar-refractivity contribution in [1.82, 2.24) is 10.2 Å². The van der Waals surface area contributed by atoms with Gasteiger partial charge in [0.2, 0.25) is 0 Å². The molecular weight excluding hydrogens is 262 g/mol. The summed E-state index contributed by atoms with van der Waals surface area (Å²) in [6.45, 7) is 8.36. The van der Waals surface area contributed by atoms with Gasteiger partial charge in [0.1, 0.15) is 0 Å². The zero-order chi connectivity index (χ0) is 14.8. The fourth-order valence-electron chi connectivity index (χ4n) is 3.56. The highest BCUT2D eigenvalue weighted by Gasteiger charge is 2.34. The van der Waals surface area contributed by atoms with Crippen LogP contribution >= 0.6 is 0 Å². The highest BCUT2D eigenvalue weighted by atomic mass is 16.1. The molecule has 0 spiro atoms. The smallest absolute Gasteiger partial charge is 0.251 e. The van der Waals surface area contributed by atoms with E-state index in [0.717, 1.165) is 23.6 Å². The molecule has 1 aromatic carbocycles. The van der Waals surface area contributed by atoms with Crippen LogP contribution in [0, 0.1) is 12.8 Å². The van der Waals surface area contributed by atoms with Gasteiger partial charge in [0.15, 0.2) is 0 Å². The molecule has 2 N–H and O–H groups in total. The maximum atomic E-state index is 11.9. The molecule has 1 atom stereocenters. The maximum absolute atomic E-state index is 11.9. The minimum absolute atomic E-state index is 0.00924. The third kappa shape index (κ3) is 3.05. The maximum Gasteiger partial charge on any atom is 0.251 e. The second-order valence-electron chi connectivity index (χ2n) is 6.28. The largest absolute Gasteiger partial charge is 0.381 e. The van der Waals surface area contributed by atoms with Crippen molar-refractivity contribution in [2.75, 3.05) is 31.5 Å². The Morgan fingerprint density at radius 1 is 1.33 bits per heavy atom. The summed E-state index contributed by atoms with van der Waals surface area (Å²) in [5, 5.41) is 6.55. The number of anilines is 1. The SMILES string of the molecule is CCNC(=O)c1ccc(NC2CN3CCC2CC3)c(C)c1. The van der Waals surface area contributed by atoms with Gasteiger partial charge in [-0.1, -0.05) is 0 Å². The van der Waals surface area contributed by atoms with Crippen LogP contribution in [0.5, 0.6) is 0 Å². The lowest BCUT2D eigenvalue weighted by Gasteiger charge is -2.45. The standard InChI is InChI=1S/C17H25N3O/c1-3-18-17(21)14-4-5-15(12(2)10-14)19-16-11-20-8-6-13(16)7-9-20/h4-5,10,13,16,19H,3,6-9,11H2,1-2H3,(H,18,21). The lowest BCUT2D eigenvalue weighted by molar-refractivity contribution is 0.0955. The van der Waals surface area contributed by atoms with E-state index in [4.69, 9.17) is 0 Å². The number of benzene rings is 1. The topological polar surface area (TPSA) is 44.4 Å². The molecule has 0 saturated carbocycles. The Labute approximate surface area is 126 Å². The molecule has 0 aromatic heterocycles.